The molecular weight excluding hydrogens is 216 g/mol. The van der Waals surface area contributed by atoms with Gasteiger partial charge in [0.05, 0.1) is 24.2 Å². The molecule has 1 amide bonds. The van der Waals surface area contributed by atoms with Crippen LogP contribution in [0.2, 0.25) is 0 Å². The maximum Gasteiger partial charge on any atom is 0.230 e. The van der Waals surface area contributed by atoms with Crippen molar-refractivity contribution in [2.45, 2.75) is 46.1 Å². The molecule has 100 valence electrons. The molecule has 0 bridgehead atoms. The SMILES string of the molecule is CCC(CC)(CN)C(=O)N1CCOCC1(C)C. The van der Waals surface area contributed by atoms with Gasteiger partial charge in [0.1, 0.15) is 0 Å². The minimum atomic E-state index is -0.394. The molecule has 0 radical (unpaired) electrons. The van der Waals surface area contributed by atoms with E-state index < -0.39 is 5.41 Å². The molecule has 0 aromatic heterocycles. The molecule has 0 aliphatic carbocycles. The number of ether oxygens (including phenoxy) is 1. The van der Waals surface area contributed by atoms with E-state index in [-0.39, 0.29) is 11.4 Å². The minimum Gasteiger partial charge on any atom is -0.377 e. The Hall–Kier alpha value is -0.610. The molecule has 4 nitrogen and oxygen atoms in total. The Morgan fingerprint density at radius 3 is 2.41 bits per heavy atom. The molecule has 0 unspecified atom stereocenters. The van der Waals surface area contributed by atoms with Gasteiger partial charge >= 0.3 is 0 Å². The summed E-state index contributed by atoms with van der Waals surface area (Å²) in [5, 5.41) is 0. The summed E-state index contributed by atoms with van der Waals surface area (Å²) in [5.74, 6) is 0.193. The maximum atomic E-state index is 12.7. The first-order valence-corrected chi connectivity index (χ1v) is 6.53. The first kappa shape index (κ1) is 14.5. The van der Waals surface area contributed by atoms with Crippen molar-refractivity contribution < 1.29 is 9.53 Å². The van der Waals surface area contributed by atoms with E-state index in [4.69, 9.17) is 10.5 Å². The lowest BCUT2D eigenvalue weighted by molar-refractivity contribution is -0.157. The summed E-state index contributed by atoms with van der Waals surface area (Å²) in [5.41, 5.74) is 5.23. The van der Waals surface area contributed by atoms with Crippen molar-refractivity contribution in [3.05, 3.63) is 0 Å². The summed E-state index contributed by atoms with van der Waals surface area (Å²) >= 11 is 0. The molecule has 0 atom stereocenters. The van der Waals surface area contributed by atoms with Crippen LogP contribution in [0.15, 0.2) is 0 Å². The van der Waals surface area contributed by atoms with Gasteiger partial charge in [0.2, 0.25) is 5.91 Å². The van der Waals surface area contributed by atoms with Gasteiger partial charge in [0, 0.05) is 13.1 Å². The van der Waals surface area contributed by atoms with Crippen molar-refractivity contribution in [3.8, 4) is 0 Å². The van der Waals surface area contributed by atoms with Crippen LogP contribution < -0.4 is 5.73 Å². The third-order valence-electron chi connectivity index (χ3n) is 4.09. The summed E-state index contributed by atoms with van der Waals surface area (Å²) in [6.45, 7) is 10.5. The van der Waals surface area contributed by atoms with Gasteiger partial charge in [0.25, 0.3) is 0 Å². The highest BCUT2D eigenvalue weighted by molar-refractivity contribution is 5.83. The molecule has 0 spiro atoms. The Balaban J connectivity index is 2.93. The number of hydrogen-bond acceptors (Lipinski definition) is 3. The maximum absolute atomic E-state index is 12.7. The normalized spacial score (nSPS) is 20.4. The van der Waals surface area contributed by atoms with Crippen LogP contribution in [0.25, 0.3) is 0 Å². The Morgan fingerprint density at radius 1 is 1.41 bits per heavy atom. The molecule has 1 aliphatic rings. The zero-order valence-electron chi connectivity index (χ0n) is 11.6. The van der Waals surface area contributed by atoms with Crippen LogP contribution in [0.1, 0.15) is 40.5 Å². The number of rotatable bonds is 4. The number of nitrogens with zero attached hydrogens (tertiary/aromatic N) is 1. The van der Waals surface area contributed by atoms with E-state index in [0.29, 0.717) is 26.3 Å². The number of morpholine rings is 1. The fourth-order valence-electron chi connectivity index (χ4n) is 2.45. The van der Waals surface area contributed by atoms with Crippen LogP contribution in [0.4, 0.5) is 0 Å². The molecule has 17 heavy (non-hydrogen) atoms. The smallest absolute Gasteiger partial charge is 0.230 e. The summed E-state index contributed by atoms with van der Waals surface area (Å²) in [6.07, 6.45) is 1.60. The quantitative estimate of drug-likeness (QED) is 0.810. The summed E-state index contributed by atoms with van der Waals surface area (Å²) in [6, 6.07) is 0. The zero-order valence-corrected chi connectivity index (χ0v) is 11.6. The highest BCUT2D eigenvalue weighted by Gasteiger charge is 2.43. The molecule has 1 saturated heterocycles. The Labute approximate surface area is 104 Å². The second-order valence-electron chi connectivity index (χ2n) is 5.51. The van der Waals surface area contributed by atoms with Gasteiger partial charge in [-0.1, -0.05) is 13.8 Å². The van der Waals surface area contributed by atoms with Gasteiger partial charge in [-0.05, 0) is 26.7 Å². The zero-order chi connectivity index (χ0) is 13.1. The van der Waals surface area contributed by atoms with Crippen molar-refractivity contribution in [3.63, 3.8) is 0 Å². The summed E-state index contributed by atoms with van der Waals surface area (Å²) in [4.78, 5) is 14.7. The number of hydrogen-bond donors (Lipinski definition) is 1. The van der Waals surface area contributed by atoms with E-state index in [1.807, 2.05) is 18.7 Å². The lowest BCUT2D eigenvalue weighted by atomic mass is 9.79. The van der Waals surface area contributed by atoms with E-state index in [0.717, 1.165) is 12.8 Å². The molecule has 1 fully saturated rings. The third-order valence-corrected chi connectivity index (χ3v) is 4.09. The van der Waals surface area contributed by atoms with Crippen molar-refractivity contribution in [1.82, 2.24) is 4.90 Å². The van der Waals surface area contributed by atoms with Crippen LogP contribution in [-0.4, -0.2) is 42.6 Å². The van der Waals surface area contributed by atoms with Crippen LogP contribution in [-0.2, 0) is 9.53 Å². The summed E-state index contributed by atoms with van der Waals surface area (Å²) < 4.78 is 5.45. The number of carbonyl (C=O) groups excluding carboxylic acids is 1. The summed E-state index contributed by atoms with van der Waals surface area (Å²) in [7, 11) is 0. The number of nitrogens with two attached hydrogens (primary N) is 1. The van der Waals surface area contributed by atoms with E-state index in [1.165, 1.54) is 0 Å². The fraction of sp³-hybridized carbons (Fsp3) is 0.923. The molecule has 0 aromatic carbocycles. The topological polar surface area (TPSA) is 55.6 Å². The number of carbonyl (C=O) groups is 1. The second-order valence-corrected chi connectivity index (χ2v) is 5.51. The first-order chi connectivity index (χ1) is 7.93. The average molecular weight is 242 g/mol. The lowest BCUT2D eigenvalue weighted by Gasteiger charge is -2.46. The Kier molecular flexibility index (Phi) is 4.55. The van der Waals surface area contributed by atoms with Crippen LogP contribution in [0, 0.1) is 5.41 Å². The van der Waals surface area contributed by atoms with Gasteiger partial charge in [-0.25, -0.2) is 0 Å². The predicted octanol–water partition coefficient (Wildman–Crippen LogP) is 1.39. The van der Waals surface area contributed by atoms with Crippen molar-refractivity contribution in [2.24, 2.45) is 11.1 Å². The second kappa shape index (κ2) is 5.36. The first-order valence-electron chi connectivity index (χ1n) is 6.53. The van der Waals surface area contributed by atoms with E-state index in [1.54, 1.807) is 0 Å². The largest absolute Gasteiger partial charge is 0.377 e. The number of amides is 1. The van der Waals surface area contributed by atoms with Gasteiger partial charge in [-0.15, -0.1) is 0 Å². The highest BCUT2D eigenvalue weighted by atomic mass is 16.5. The molecular formula is C13H26N2O2. The molecule has 1 rings (SSSR count). The molecule has 0 saturated carbocycles. The molecule has 2 N–H and O–H groups in total. The van der Waals surface area contributed by atoms with Crippen LogP contribution >= 0.6 is 0 Å². The lowest BCUT2D eigenvalue weighted by Crippen LogP contribution is -2.60. The minimum absolute atomic E-state index is 0.193. The third kappa shape index (κ3) is 2.63. The fourth-order valence-corrected chi connectivity index (χ4v) is 2.45. The van der Waals surface area contributed by atoms with Gasteiger partial charge in [-0.3, -0.25) is 4.79 Å². The van der Waals surface area contributed by atoms with Crippen molar-refractivity contribution >= 4 is 5.91 Å². The standard InChI is InChI=1S/C13H26N2O2/c1-5-13(6-2,9-14)11(16)15-7-8-17-10-12(15,3)4/h5-10,14H2,1-4H3. The van der Waals surface area contributed by atoms with E-state index in [9.17, 15) is 4.79 Å². The van der Waals surface area contributed by atoms with Gasteiger partial charge in [-0.2, -0.15) is 0 Å². The van der Waals surface area contributed by atoms with Gasteiger partial charge < -0.3 is 15.4 Å². The molecule has 1 aliphatic heterocycles. The van der Waals surface area contributed by atoms with Crippen LogP contribution in [0.5, 0.6) is 0 Å². The average Bonchev–Trinajstić information content (AvgIpc) is 2.31. The molecule has 0 aromatic rings. The van der Waals surface area contributed by atoms with Crippen molar-refractivity contribution in [1.29, 1.82) is 0 Å². The highest BCUT2D eigenvalue weighted by Crippen LogP contribution is 2.32. The monoisotopic (exact) mass is 242 g/mol. The van der Waals surface area contributed by atoms with Crippen molar-refractivity contribution in [2.75, 3.05) is 26.3 Å². The van der Waals surface area contributed by atoms with E-state index >= 15 is 0 Å². The Bertz CT molecular complexity index is 264. The van der Waals surface area contributed by atoms with Crippen LogP contribution in [0.3, 0.4) is 0 Å². The van der Waals surface area contributed by atoms with E-state index in [2.05, 4.69) is 13.8 Å². The molecule has 4 heteroatoms. The molecule has 1 heterocycles. The Morgan fingerprint density at radius 2 is 2.00 bits per heavy atom. The van der Waals surface area contributed by atoms with Gasteiger partial charge in [0.15, 0.2) is 0 Å². The predicted molar refractivity (Wildman–Crippen MR) is 68.7 cm³/mol.